The van der Waals surface area contributed by atoms with Gasteiger partial charge in [-0.25, -0.2) is 0 Å². The molecule has 6 unspecified atom stereocenters. The molecule has 0 saturated heterocycles. The first kappa shape index (κ1) is 21.9. The van der Waals surface area contributed by atoms with Crippen molar-refractivity contribution in [2.24, 2.45) is 47.3 Å². The zero-order valence-corrected chi connectivity index (χ0v) is 19.7. The standard InChI is InChI=1S/C28H46/c1-19(2)24-15-13-21(5)17-26(24)28(7,23-11-9-8-10-12-23)27-18-22(6)14-16-25(27)20(3)4/h8-12,19-22,24-27H,13-18H2,1-7H3. The van der Waals surface area contributed by atoms with Gasteiger partial charge < -0.3 is 0 Å². The summed E-state index contributed by atoms with van der Waals surface area (Å²) in [6.07, 6.45) is 8.56. The van der Waals surface area contributed by atoms with Crippen LogP contribution in [0.3, 0.4) is 0 Å². The van der Waals surface area contributed by atoms with Crippen molar-refractivity contribution in [2.45, 2.75) is 92.4 Å². The smallest absolute Gasteiger partial charge is 0.00131 e. The summed E-state index contributed by atoms with van der Waals surface area (Å²) in [5.41, 5.74) is 1.93. The first-order chi connectivity index (χ1) is 13.2. The maximum absolute atomic E-state index is 2.69. The molecule has 2 fully saturated rings. The van der Waals surface area contributed by atoms with E-state index in [9.17, 15) is 0 Å². The van der Waals surface area contributed by atoms with Crippen LogP contribution in [-0.2, 0) is 5.41 Å². The molecular formula is C28H46. The number of hydrogen-bond acceptors (Lipinski definition) is 0. The molecule has 6 atom stereocenters. The highest BCUT2D eigenvalue weighted by Crippen LogP contribution is 2.57. The Labute approximate surface area is 175 Å². The minimum atomic E-state index is 0.300. The highest BCUT2D eigenvalue weighted by molar-refractivity contribution is 5.28. The van der Waals surface area contributed by atoms with Crippen molar-refractivity contribution in [1.82, 2.24) is 0 Å². The van der Waals surface area contributed by atoms with E-state index in [1.165, 1.54) is 38.5 Å². The largest absolute Gasteiger partial charge is 0.0625 e. The van der Waals surface area contributed by atoms with Crippen LogP contribution >= 0.6 is 0 Å². The molecule has 28 heavy (non-hydrogen) atoms. The molecule has 1 aromatic carbocycles. The lowest BCUT2D eigenvalue weighted by Crippen LogP contribution is -2.51. The molecule has 0 heteroatoms. The van der Waals surface area contributed by atoms with Crippen LogP contribution in [-0.4, -0.2) is 0 Å². The van der Waals surface area contributed by atoms with E-state index in [1.54, 1.807) is 5.56 Å². The summed E-state index contributed by atoms with van der Waals surface area (Å²) in [6.45, 7) is 17.7. The van der Waals surface area contributed by atoms with Crippen molar-refractivity contribution in [3.8, 4) is 0 Å². The van der Waals surface area contributed by atoms with Crippen LogP contribution in [0.5, 0.6) is 0 Å². The van der Waals surface area contributed by atoms with Crippen LogP contribution in [0, 0.1) is 47.3 Å². The minimum Gasteiger partial charge on any atom is -0.0625 e. The van der Waals surface area contributed by atoms with Crippen LogP contribution in [0.2, 0.25) is 0 Å². The normalized spacial score (nSPS) is 36.5. The average Bonchev–Trinajstić information content (AvgIpc) is 2.67. The lowest BCUT2D eigenvalue weighted by Gasteiger charge is -2.56. The Morgan fingerprint density at radius 1 is 0.714 bits per heavy atom. The molecule has 2 saturated carbocycles. The maximum Gasteiger partial charge on any atom is -0.00131 e. The van der Waals surface area contributed by atoms with Gasteiger partial charge in [-0.15, -0.1) is 0 Å². The van der Waals surface area contributed by atoms with Crippen molar-refractivity contribution in [2.75, 3.05) is 0 Å². The van der Waals surface area contributed by atoms with Gasteiger partial charge in [0.25, 0.3) is 0 Å². The first-order valence-electron chi connectivity index (χ1n) is 12.3. The zero-order chi connectivity index (χ0) is 20.5. The highest BCUT2D eigenvalue weighted by Gasteiger charge is 2.51. The molecule has 0 heterocycles. The van der Waals surface area contributed by atoms with E-state index in [0.29, 0.717) is 5.41 Å². The molecule has 0 bridgehead atoms. The van der Waals surface area contributed by atoms with Crippen LogP contribution in [0.15, 0.2) is 30.3 Å². The summed E-state index contributed by atoms with van der Waals surface area (Å²) >= 11 is 0. The van der Waals surface area contributed by atoms with E-state index in [-0.39, 0.29) is 0 Å². The van der Waals surface area contributed by atoms with Crippen molar-refractivity contribution in [3.63, 3.8) is 0 Å². The summed E-state index contributed by atoms with van der Waals surface area (Å²) in [4.78, 5) is 0. The first-order valence-corrected chi connectivity index (χ1v) is 12.3. The van der Waals surface area contributed by atoms with Crippen LogP contribution in [0.25, 0.3) is 0 Å². The van der Waals surface area contributed by atoms with Gasteiger partial charge in [0.05, 0.1) is 0 Å². The van der Waals surface area contributed by atoms with Gasteiger partial charge >= 0.3 is 0 Å². The Morgan fingerprint density at radius 2 is 1.14 bits per heavy atom. The second kappa shape index (κ2) is 8.93. The summed E-state index contributed by atoms with van der Waals surface area (Å²) in [7, 11) is 0. The molecule has 0 amide bonds. The Bertz CT molecular complexity index is 566. The van der Waals surface area contributed by atoms with Gasteiger partial charge in [0.2, 0.25) is 0 Å². The molecular weight excluding hydrogens is 336 g/mol. The third kappa shape index (κ3) is 4.22. The van der Waals surface area contributed by atoms with Gasteiger partial charge in [0.1, 0.15) is 0 Å². The van der Waals surface area contributed by atoms with Crippen molar-refractivity contribution in [3.05, 3.63) is 35.9 Å². The van der Waals surface area contributed by atoms with Crippen LogP contribution < -0.4 is 0 Å². The lowest BCUT2D eigenvalue weighted by atomic mass is 9.48. The zero-order valence-electron chi connectivity index (χ0n) is 19.7. The van der Waals surface area contributed by atoms with E-state index < -0.39 is 0 Å². The second-order valence-corrected chi connectivity index (χ2v) is 11.5. The lowest BCUT2D eigenvalue weighted by molar-refractivity contribution is -0.0116. The van der Waals surface area contributed by atoms with E-state index in [4.69, 9.17) is 0 Å². The van der Waals surface area contributed by atoms with Gasteiger partial charge in [-0.1, -0.05) is 91.6 Å². The summed E-state index contributed by atoms with van der Waals surface area (Å²) < 4.78 is 0. The number of rotatable bonds is 5. The van der Waals surface area contributed by atoms with Gasteiger partial charge in [0, 0.05) is 0 Å². The van der Waals surface area contributed by atoms with E-state index in [0.717, 1.165) is 47.3 Å². The Morgan fingerprint density at radius 3 is 1.54 bits per heavy atom. The molecule has 2 aliphatic rings. The molecule has 0 aliphatic heterocycles. The van der Waals surface area contributed by atoms with Gasteiger partial charge in [0.15, 0.2) is 0 Å². The molecule has 0 N–H and O–H groups in total. The van der Waals surface area contributed by atoms with Crippen LogP contribution in [0.1, 0.15) is 92.6 Å². The molecule has 3 rings (SSSR count). The minimum absolute atomic E-state index is 0.300. The molecule has 2 aliphatic carbocycles. The highest BCUT2D eigenvalue weighted by atomic mass is 14.6. The molecule has 1 aromatic rings. The van der Waals surface area contributed by atoms with Crippen LogP contribution in [0.4, 0.5) is 0 Å². The van der Waals surface area contributed by atoms with Crippen molar-refractivity contribution >= 4 is 0 Å². The monoisotopic (exact) mass is 382 g/mol. The Balaban J connectivity index is 2.11. The van der Waals surface area contributed by atoms with E-state index in [1.807, 2.05) is 0 Å². The number of hydrogen-bond donors (Lipinski definition) is 0. The predicted octanol–water partition coefficient (Wildman–Crippen LogP) is 8.36. The quantitative estimate of drug-likeness (QED) is 0.480. The van der Waals surface area contributed by atoms with Gasteiger partial charge in [-0.05, 0) is 84.0 Å². The fraction of sp³-hybridized carbons (Fsp3) is 0.786. The molecule has 0 aromatic heterocycles. The topological polar surface area (TPSA) is 0 Å². The van der Waals surface area contributed by atoms with E-state index in [2.05, 4.69) is 78.8 Å². The molecule has 0 radical (unpaired) electrons. The van der Waals surface area contributed by atoms with E-state index >= 15 is 0 Å². The maximum atomic E-state index is 2.69. The SMILES string of the molecule is CC1CCC(C(C)C)C(C(C)(c2ccccc2)C2CC(C)CCC2C(C)C)C1. The molecule has 0 nitrogen and oxygen atoms in total. The average molecular weight is 383 g/mol. The molecule has 0 spiro atoms. The summed E-state index contributed by atoms with van der Waals surface area (Å²) in [6, 6.07) is 11.7. The second-order valence-electron chi connectivity index (χ2n) is 11.5. The summed E-state index contributed by atoms with van der Waals surface area (Å²) in [5, 5.41) is 0. The van der Waals surface area contributed by atoms with Crippen molar-refractivity contribution in [1.29, 1.82) is 0 Å². The van der Waals surface area contributed by atoms with Gasteiger partial charge in [-0.2, -0.15) is 0 Å². The predicted molar refractivity (Wildman–Crippen MR) is 123 cm³/mol. The third-order valence-electron chi connectivity index (χ3n) is 8.98. The summed E-state index contributed by atoms with van der Waals surface area (Å²) in [5.74, 6) is 6.70. The third-order valence-corrected chi connectivity index (χ3v) is 8.98. The number of benzene rings is 1. The molecule has 158 valence electrons. The fourth-order valence-corrected chi connectivity index (χ4v) is 7.28. The van der Waals surface area contributed by atoms with Crippen molar-refractivity contribution < 1.29 is 0 Å². The fourth-order valence-electron chi connectivity index (χ4n) is 7.28. The van der Waals surface area contributed by atoms with Gasteiger partial charge in [-0.3, -0.25) is 0 Å². The Hall–Kier alpha value is -0.780. The Kier molecular flexibility index (Phi) is 6.99.